The topological polar surface area (TPSA) is 114 Å². The summed E-state index contributed by atoms with van der Waals surface area (Å²) in [6.07, 6.45) is 0.139. The normalized spacial score (nSPS) is 20.2. The largest absolute Gasteiger partial charge is 0.480 e. The van der Waals surface area contributed by atoms with Crippen LogP contribution in [0.4, 0.5) is 4.79 Å². The van der Waals surface area contributed by atoms with Gasteiger partial charge in [-0.3, -0.25) is 9.69 Å². The quantitative estimate of drug-likeness (QED) is 0.697. The number of amides is 3. The Morgan fingerprint density at radius 1 is 1.68 bits per heavy atom. The summed E-state index contributed by atoms with van der Waals surface area (Å²) in [4.78, 5) is 36.8. The lowest BCUT2D eigenvalue weighted by atomic mass is 10.2. The summed E-state index contributed by atoms with van der Waals surface area (Å²) < 4.78 is 0. The number of nitrogens with one attached hydrogen (secondary N) is 1. The molecule has 0 aromatic heterocycles. The van der Waals surface area contributed by atoms with Gasteiger partial charge in [-0.05, 0) is 6.92 Å². The van der Waals surface area contributed by atoms with Crippen LogP contribution < -0.4 is 5.32 Å². The summed E-state index contributed by atoms with van der Waals surface area (Å²) in [7, 11) is 1.48. The second-order valence-corrected chi connectivity index (χ2v) is 4.39. The van der Waals surface area contributed by atoms with Crippen molar-refractivity contribution in [3.8, 4) is 6.07 Å². The van der Waals surface area contributed by atoms with Gasteiger partial charge in [-0.1, -0.05) is 0 Å². The van der Waals surface area contributed by atoms with E-state index in [9.17, 15) is 14.4 Å². The smallest absolute Gasteiger partial charge is 0.328 e. The van der Waals surface area contributed by atoms with Crippen LogP contribution in [-0.4, -0.2) is 65.0 Å². The van der Waals surface area contributed by atoms with E-state index in [-0.39, 0.29) is 25.6 Å². The van der Waals surface area contributed by atoms with Gasteiger partial charge in [0.2, 0.25) is 5.91 Å². The average molecular weight is 268 g/mol. The summed E-state index contributed by atoms with van der Waals surface area (Å²) in [5.41, 5.74) is 0. The highest BCUT2D eigenvalue weighted by Crippen LogP contribution is 2.11. The second kappa shape index (κ2) is 6.04. The number of carbonyl (C=O) groups excluding carboxylic acids is 2. The third kappa shape index (κ3) is 3.34. The third-order valence-corrected chi connectivity index (χ3v) is 3.06. The van der Waals surface area contributed by atoms with E-state index >= 15 is 0 Å². The number of hydrogen-bond acceptors (Lipinski definition) is 4. The van der Waals surface area contributed by atoms with Crippen LogP contribution in [0.2, 0.25) is 0 Å². The SMILES string of the molecule is CC(CC#N)N(C)C(=O)N1CC(=O)NCC1C(=O)O. The van der Waals surface area contributed by atoms with Crippen molar-refractivity contribution in [2.45, 2.75) is 25.4 Å². The first-order valence-electron chi connectivity index (χ1n) is 5.78. The van der Waals surface area contributed by atoms with E-state index in [0.29, 0.717) is 0 Å². The number of aliphatic carboxylic acids is 1. The Labute approximate surface area is 110 Å². The minimum Gasteiger partial charge on any atom is -0.480 e. The lowest BCUT2D eigenvalue weighted by molar-refractivity contribution is -0.144. The number of rotatable bonds is 3. The number of hydrogen-bond donors (Lipinski definition) is 2. The molecule has 0 aliphatic carbocycles. The highest BCUT2D eigenvalue weighted by molar-refractivity contribution is 5.90. The molecule has 1 rings (SSSR count). The van der Waals surface area contributed by atoms with Crippen LogP contribution in [0.15, 0.2) is 0 Å². The van der Waals surface area contributed by atoms with Gasteiger partial charge in [0.25, 0.3) is 0 Å². The van der Waals surface area contributed by atoms with Crippen molar-refractivity contribution in [1.82, 2.24) is 15.1 Å². The molecule has 0 radical (unpaired) electrons. The fourth-order valence-corrected chi connectivity index (χ4v) is 1.72. The van der Waals surface area contributed by atoms with Gasteiger partial charge in [0.1, 0.15) is 12.6 Å². The number of nitrogens with zero attached hydrogens (tertiary/aromatic N) is 3. The third-order valence-electron chi connectivity index (χ3n) is 3.06. The average Bonchev–Trinajstić information content (AvgIpc) is 2.36. The van der Waals surface area contributed by atoms with Crippen LogP contribution in [0.3, 0.4) is 0 Å². The lowest BCUT2D eigenvalue weighted by Gasteiger charge is -2.36. The molecule has 2 unspecified atom stereocenters. The molecule has 19 heavy (non-hydrogen) atoms. The zero-order chi connectivity index (χ0) is 14.6. The minimum absolute atomic E-state index is 0.111. The zero-order valence-electron chi connectivity index (χ0n) is 10.8. The van der Waals surface area contributed by atoms with Crippen LogP contribution in [0.1, 0.15) is 13.3 Å². The van der Waals surface area contributed by atoms with E-state index in [4.69, 9.17) is 10.4 Å². The number of carbonyl (C=O) groups is 3. The van der Waals surface area contributed by atoms with Gasteiger partial charge in [-0.15, -0.1) is 0 Å². The number of nitriles is 1. The molecule has 0 saturated carbocycles. The van der Waals surface area contributed by atoms with Gasteiger partial charge >= 0.3 is 12.0 Å². The van der Waals surface area contributed by atoms with Crippen LogP contribution in [0.25, 0.3) is 0 Å². The molecule has 2 atom stereocenters. The van der Waals surface area contributed by atoms with Crippen molar-refractivity contribution in [2.24, 2.45) is 0 Å². The molecule has 0 aromatic rings. The van der Waals surface area contributed by atoms with Crippen molar-refractivity contribution in [3.05, 3.63) is 0 Å². The number of carboxylic acids is 1. The number of carboxylic acid groups (broad SMARTS) is 1. The molecular formula is C11H16N4O4. The Bertz CT molecular complexity index is 431. The maximum absolute atomic E-state index is 12.2. The Balaban J connectivity index is 2.84. The highest BCUT2D eigenvalue weighted by Gasteiger charge is 2.37. The monoisotopic (exact) mass is 268 g/mol. The molecule has 1 aliphatic heterocycles. The van der Waals surface area contributed by atoms with Crippen LogP contribution in [-0.2, 0) is 9.59 Å². The molecule has 8 heteroatoms. The van der Waals surface area contributed by atoms with E-state index in [0.717, 1.165) is 4.90 Å². The summed E-state index contributed by atoms with van der Waals surface area (Å²) in [5.74, 6) is -1.57. The summed E-state index contributed by atoms with van der Waals surface area (Å²) in [6.45, 7) is 1.28. The molecule has 0 spiro atoms. The van der Waals surface area contributed by atoms with Gasteiger partial charge in [-0.25, -0.2) is 9.59 Å². The van der Waals surface area contributed by atoms with E-state index in [1.807, 2.05) is 6.07 Å². The Kier molecular flexibility index (Phi) is 4.69. The maximum Gasteiger partial charge on any atom is 0.328 e. The Morgan fingerprint density at radius 3 is 2.84 bits per heavy atom. The van der Waals surface area contributed by atoms with Crippen LogP contribution in [0, 0.1) is 11.3 Å². The molecule has 1 fully saturated rings. The molecule has 0 aromatic carbocycles. The molecule has 104 valence electrons. The van der Waals surface area contributed by atoms with Crippen LogP contribution >= 0.6 is 0 Å². The Hall–Kier alpha value is -2.30. The fraction of sp³-hybridized carbons (Fsp3) is 0.636. The van der Waals surface area contributed by atoms with E-state index < -0.39 is 23.9 Å². The molecule has 1 heterocycles. The van der Waals surface area contributed by atoms with Gasteiger partial charge in [0.05, 0.1) is 12.5 Å². The first-order valence-corrected chi connectivity index (χ1v) is 5.78. The summed E-state index contributed by atoms with van der Waals surface area (Å²) in [6, 6.07) is -0.0555. The molecule has 2 N–H and O–H groups in total. The predicted octanol–water partition coefficient (Wildman–Crippen LogP) is -0.775. The van der Waals surface area contributed by atoms with Gasteiger partial charge in [0.15, 0.2) is 0 Å². The predicted molar refractivity (Wildman–Crippen MR) is 64.0 cm³/mol. The maximum atomic E-state index is 12.2. The first kappa shape index (κ1) is 14.8. The van der Waals surface area contributed by atoms with Crippen molar-refractivity contribution in [3.63, 3.8) is 0 Å². The van der Waals surface area contributed by atoms with Crippen molar-refractivity contribution >= 4 is 17.9 Å². The summed E-state index contributed by atoms with van der Waals surface area (Å²) >= 11 is 0. The van der Waals surface area contributed by atoms with Crippen molar-refractivity contribution in [1.29, 1.82) is 5.26 Å². The van der Waals surface area contributed by atoms with E-state index in [1.165, 1.54) is 11.9 Å². The minimum atomic E-state index is -1.17. The number of piperazine rings is 1. The molecule has 1 saturated heterocycles. The highest BCUT2D eigenvalue weighted by atomic mass is 16.4. The molecule has 0 bridgehead atoms. The van der Waals surface area contributed by atoms with E-state index in [2.05, 4.69) is 5.32 Å². The molecule has 3 amide bonds. The van der Waals surface area contributed by atoms with Gasteiger partial charge in [-0.2, -0.15) is 5.26 Å². The molecule has 8 nitrogen and oxygen atoms in total. The molecule has 1 aliphatic rings. The van der Waals surface area contributed by atoms with Crippen molar-refractivity contribution < 1.29 is 19.5 Å². The molecular weight excluding hydrogens is 252 g/mol. The van der Waals surface area contributed by atoms with Gasteiger partial charge in [0, 0.05) is 19.6 Å². The summed E-state index contributed by atoms with van der Waals surface area (Å²) in [5, 5.41) is 20.1. The zero-order valence-corrected chi connectivity index (χ0v) is 10.8. The standard InChI is InChI=1S/C11H16N4O4/c1-7(3-4-12)14(2)11(19)15-6-9(16)13-5-8(15)10(17)18/h7-8H,3,5-6H2,1-2H3,(H,13,16)(H,17,18). The first-order chi connectivity index (χ1) is 8.88. The van der Waals surface area contributed by atoms with Gasteiger partial charge < -0.3 is 15.3 Å². The fourth-order valence-electron chi connectivity index (χ4n) is 1.72. The Morgan fingerprint density at radius 2 is 2.32 bits per heavy atom. The van der Waals surface area contributed by atoms with Crippen LogP contribution in [0.5, 0.6) is 0 Å². The second-order valence-electron chi connectivity index (χ2n) is 4.39. The van der Waals surface area contributed by atoms with E-state index in [1.54, 1.807) is 6.92 Å². The van der Waals surface area contributed by atoms with Crippen molar-refractivity contribution in [2.75, 3.05) is 20.1 Å². The lowest BCUT2D eigenvalue weighted by Crippen LogP contribution is -2.62. The number of urea groups is 1.